The van der Waals surface area contributed by atoms with Crippen LogP contribution in [0, 0.1) is 0 Å². The van der Waals surface area contributed by atoms with Crippen molar-refractivity contribution >= 4 is 40.7 Å². The van der Waals surface area contributed by atoms with E-state index in [0.717, 1.165) is 11.1 Å². The Morgan fingerprint density at radius 3 is 2.48 bits per heavy atom. The summed E-state index contributed by atoms with van der Waals surface area (Å²) >= 11 is 6.11. The number of β-amino-alcohol motifs (C(OH)–C–C–N with tert-alkyl or cyclic N) is 1. The van der Waals surface area contributed by atoms with Gasteiger partial charge in [0.2, 0.25) is 5.91 Å². The fourth-order valence-electron chi connectivity index (χ4n) is 4.69. The van der Waals surface area contributed by atoms with Crippen LogP contribution < -0.4 is 14.7 Å². The molecular weight excluding hydrogens is 440 g/mol. The number of rotatable bonds is 4. The highest BCUT2D eigenvalue weighted by Crippen LogP contribution is 2.43. The SMILES string of the molecule is CC1C(=O)N(C)c2ccc(N3C(=O)c4ccccc4C3c3ccc(Cl)cc3)nc2N1CCO. The van der Waals surface area contributed by atoms with Gasteiger partial charge in [-0.1, -0.05) is 41.9 Å². The van der Waals surface area contributed by atoms with Crippen molar-refractivity contribution in [3.05, 3.63) is 82.4 Å². The van der Waals surface area contributed by atoms with Crippen molar-refractivity contribution in [2.75, 3.05) is 34.9 Å². The number of aliphatic hydroxyl groups is 1. The molecule has 33 heavy (non-hydrogen) atoms. The summed E-state index contributed by atoms with van der Waals surface area (Å²) in [5, 5.41) is 10.2. The third-order valence-corrected chi connectivity index (χ3v) is 6.62. The number of benzene rings is 2. The Hall–Kier alpha value is -3.42. The van der Waals surface area contributed by atoms with E-state index in [-0.39, 0.29) is 31.0 Å². The molecule has 5 rings (SSSR count). The molecule has 1 N–H and O–H groups in total. The monoisotopic (exact) mass is 462 g/mol. The Balaban J connectivity index is 1.66. The molecule has 3 aromatic rings. The van der Waals surface area contributed by atoms with Crippen molar-refractivity contribution in [1.82, 2.24) is 4.98 Å². The van der Waals surface area contributed by atoms with Crippen LogP contribution in [0.5, 0.6) is 0 Å². The van der Waals surface area contributed by atoms with E-state index < -0.39 is 6.04 Å². The molecule has 0 radical (unpaired) electrons. The average Bonchev–Trinajstić information content (AvgIpc) is 3.13. The molecule has 2 aliphatic rings. The molecule has 8 heteroatoms. The highest BCUT2D eigenvalue weighted by Gasteiger charge is 2.41. The second kappa shape index (κ2) is 8.17. The summed E-state index contributed by atoms with van der Waals surface area (Å²) in [5.41, 5.74) is 3.09. The Morgan fingerprint density at radius 2 is 1.76 bits per heavy atom. The summed E-state index contributed by atoms with van der Waals surface area (Å²) in [7, 11) is 1.71. The molecule has 1 aromatic heterocycles. The minimum Gasteiger partial charge on any atom is -0.395 e. The number of pyridine rings is 1. The van der Waals surface area contributed by atoms with E-state index in [0.29, 0.717) is 27.9 Å². The Morgan fingerprint density at radius 1 is 1.03 bits per heavy atom. The minimum absolute atomic E-state index is 0.0748. The number of aromatic nitrogens is 1. The molecule has 0 spiro atoms. The minimum atomic E-state index is -0.476. The number of hydrogen-bond acceptors (Lipinski definition) is 5. The van der Waals surface area contributed by atoms with Gasteiger partial charge >= 0.3 is 0 Å². The maximum Gasteiger partial charge on any atom is 0.260 e. The number of aliphatic hydroxyl groups excluding tert-OH is 1. The molecule has 2 atom stereocenters. The van der Waals surface area contributed by atoms with Crippen molar-refractivity contribution in [2.24, 2.45) is 0 Å². The number of halogens is 1. The summed E-state index contributed by atoms with van der Waals surface area (Å²) in [6.45, 7) is 1.94. The summed E-state index contributed by atoms with van der Waals surface area (Å²) < 4.78 is 0. The predicted octanol–water partition coefficient (Wildman–Crippen LogP) is 3.65. The van der Waals surface area contributed by atoms with Crippen molar-refractivity contribution < 1.29 is 14.7 Å². The zero-order valence-electron chi connectivity index (χ0n) is 18.3. The number of carbonyl (C=O) groups is 2. The molecule has 0 saturated carbocycles. The molecule has 7 nitrogen and oxygen atoms in total. The molecule has 0 fully saturated rings. The predicted molar refractivity (Wildman–Crippen MR) is 128 cm³/mol. The largest absolute Gasteiger partial charge is 0.395 e. The quantitative estimate of drug-likeness (QED) is 0.640. The molecule has 2 aliphatic heterocycles. The van der Waals surface area contributed by atoms with Crippen molar-refractivity contribution in [3.63, 3.8) is 0 Å². The van der Waals surface area contributed by atoms with Crippen molar-refractivity contribution in [3.8, 4) is 0 Å². The maximum absolute atomic E-state index is 13.5. The van der Waals surface area contributed by atoms with Gasteiger partial charge in [0, 0.05) is 24.2 Å². The summed E-state index contributed by atoms with van der Waals surface area (Å²) in [5.74, 6) is 0.830. The van der Waals surface area contributed by atoms with E-state index in [2.05, 4.69) is 0 Å². The lowest BCUT2D eigenvalue weighted by molar-refractivity contribution is -0.119. The second-order valence-electron chi connectivity index (χ2n) is 8.22. The van der Waals surface area contributed by atoms with Crippen LogP contribution in [0.2, 0.25) is 5.02 Å². The highest BCUT2D eigenvalue weighted by molar-refractivity contribution is 6.30. The standard InChI is InChI=1S/C25H23ClN4O3/c1-15-24(32)28(2)20-11-12-21(27-23(20)29(15)13-14-31)30-22(16-7-9-17(26)10-8-16)18-5-3-4-6-19(18)25(30)33/h3-12,15,22,31H,13-14H2,1-2H3. The average molecular weight is 463 g/mol. The van der Waals surface area contributed by atoms with Crippen LogP contribution in [0.3, 0.4) is 0 Å². The lowest BCUT2D eigenvalue weighted by Crippen LogP contribution is -2.52. The number of hydrogen-bond donors (Lipinski definition) is 1. The summed E-state index contributed by atoms with van der Waals surface area (Å²) in [4.78, 5) is 36.1. The smallest absolute Gasteiger partial charge is 0.260 e. The van der Waals surface area contributed by atoms with E-state index in [1.807, 2.05) is 48.5 Å². The Labute approximate surface area is 196 Å². The fraction of sp³-hybridized carbons (Fsp3) is 0.240. The van der Waals surface area contributed by atoms with E-state index in [9.17, 15) is 14.7 Å². The molecule has 2 aromatic carbocycles. The third-order valence-electron chi connectivity index (χ3n) is 6.36. The Kier molecular flexibility index (Phi) is 5.31. The van der Waals surface area contributed by atoms with E-state index >= 15 is 0 Å². The van der Waals surface area contributed by atoms with Gasteiger partial charge in [-0.05, 0) is 48.4 Å². The van der Waals surface area contributed by atoms with Gasteiger partial charge in [0.05, 0.1) is 18.3 Å². The van der Waals surface area contributed by atoms with E-state index in [4.69, 9.17) is 16.6 Å². The van der Waals surface area contributed by atoms with Gasteiger partial charge < -0.3 is 14.9 Å². The number of nitrogens with zero attached hydrogens (tertiary/aromatic N) is 4. The normalized spacial score (nSPS) is 19.7. The zero-order valence-corrected chi connectivity index (χ0v) is 19.0. The summed E-state index contributed by atoms with van der Waals surface area (Å²) in [6.07, 6.45) is 0. The summed E-state index contributed by atoms with van der Waals surface area (Å²) in [6, 6.07) is 17.7. The van der Waals surface area contributed by atoms with Gasteiger partial charge in [-0.25, -0.2) is 4.98 Å². The number of carbonyl (C=O) groups excluding carboxylic acids is 2. The number of likely N-dealkylation sites (N-methyl/N-ethyl adjacent to an activating group) is 1. The molecule has 168 valence electrons. The van der Waals surface area contributed by atoms with Crippen molar-refractivity contribution in [1.29, 1.82) is 0 Å². The van der Waals surface area contributed by atoms with Crippen LogP contribution in [0.25, 0.3) is 0 Å². The molecule has 3 heterocycles. The van der Waals surface area contributed by atoms with Gasteiger partial charge in [0.25, 0.3) is 5.91 Å². The van der Waals surface area contributed by atoms with Crippen LogP contribution in [-0.4, -0.2) is 48.1 Å². The molecule has 2 unspecified atom stereocenters. The number of amides is 2. The van der Waals surface area contributed by atoms with Crippen LogP contribution in [0.4, 0.5) is 17.3 Å². The van der Waals surface area contributed by atoms with Gasteiger partial charge in [-0.3, -0.25) is 14.5 Å². The van der Waals surface area contributed by atoms with Gasteiger partial charge in [0.1, 0.15) is 11.9 Å². The second-order valence-corrected chi connectivity index (χ2v) is 8.66. The van der Waals surface area contributed by atoms with Crippen LogP contribution in [0.1, 0.15) is 34.5 Å². The fourth-order valence-corrected chi connectivity index (χ4v) is 4.81. The lowest BCUT2D eigenvalue weighted by atomic mass is 9.98. The first-order valence-electron chi connectivity index (χ1n) is 10.8. The topological polar surface area (TPSA) is 77.0 Å². The van der Waals surface area contributed by atoms with Gasteiger partial charge in [-0.2, -0.15) is 0 Å². The number of anilines is 3. The van der Waals surface area contributed by atoms with Gasteiger partial charge in [-0.15, -0.1) is 0 Å². The molecule has 2 amide bonds. The molecular formula is C25H23ClN4O3. The van der Waals surface area contributed by atoms with Crippen LogP contribution in [-0.2, 0) is 4.79 Å². The lowest BCUT2D eigenvalue weighted by Gasteiger charge is -2.39. The first-order chi connectivity index (χ1) is 15.9. The molecule has 0 aliphatic carbocycles. The zero-order chi connectivity index (χ0) is 23.3. The highest BCUT2D eigenvalue weighted by atomic mass is 35.5. The first kappa shape index (κ1) is 21.4. The van der Waals surface area contributed by atoms with E-state index in [1.165, 1.54) is 0 Å². The first-order valence-corrected chi connectivity index (χ1v) is 11.1. The van der Waals surface area contributed by atoms with Crippen LogP contribution >= 0.6 is 11.6 Å². The number of fused-ring (bicyclic) bond motifs is 2. The van der Waals surface area contributed by atoms with E-state index in [1.54, 1.807) is 40.8 Å². The third kappa shape index (κ3) is 3.35. The van der Waals surface area contributed by atoms with Crippen LogP contribution in [0.15, 0.2) is 60.7 Å². The molecule has 0 bridgehead atoms. The molecule has 0 saturated heterocycles. The van der Waals surface area contributed by atoms with Crippen molar-refractivity contribution in [2.45, 2.75) is 19.0 Å². The maximum atomic E-state index is 13.5. The van der Waals surface area contributed by atoms with Gasteiger partial charge in [0.15, 0.2) is 5.82 Å². The Bertz CT molecular complexity index is 1250.